The fraction of sp³-hybridized carbons (Fsp3) is 0.125. The summed E-state index contributed by atoms with van der Waals surface area (Å²) in [6.07, 6.45) is 1.89. The molecule has 0 bridgehead atoms. The Morgan fingerprint density at radius 1 is 1.45 bits per heavy atom. The zero-order valence-electron chi connectivity index (χ0n) is 6.70. The van der Waals surface area contributed by atoms with Gasteiger partial charge >= 0.3 is 0 Å². The lowest BCUT2D eigenvalue weighted by atomic mass is 9.95. The first kappa shape index (κ1) is 6.46. The Morgan fingerprint density at radius 2 is 2.27 bits per heavy atom. The molecule has 0 unspecified atom stereocenters. The molecule has 0 amide bonds. The SMILES string of the molecule is Bc1ccc2c(cnn2C)c1. The van der Waals surface area contributed by atoms with Crippen LogP contribution in [0.4, 0.5) is 0 Å². The Balaban J connectivity index is 2.86. The maximum absolute atomic E-state index is 4.15. The second-order valence-corrected chi connectivity index (χ2v) is 2.83. The number of fused-ring (bicyclic) bond motifs is 1. The molecule has 2 nitrogen and oxygen atoms in total. The van der Waals surface area contributed by atoms with Gasteiger partial charge in [-0.2, -0.15) is 5.10 Å². The van der Waals surface area contributed by atoms with Crippen LogP contribution in [0.15, 0.2) is 24.4 Å². The van der Waals surface area contributed by atoms with E-state index >= 15 is 0 Å². The van der Waals surface area contributed by atoms with Crippen LogP contribution >= 0.6 is 0 Å². The van der Waals surface area contributed by atoms with Crippen molar-refractivity contribution in [3.05, 3.63) is 24.4 Å². The van der Waals surface area contributed by atoms with Gasteiger partial charge in [-0.1, -0.05) is 17.6 Å². The van der Waals surface area contributed by atoms with Crippen LogP contribution in [0.5, 0.6) is 0 Å². The van der Waals surface area contributed by atoms with E-state index in [1.165, 1.54) is 16.4 Å². The van der Waals surface area contributed by atoms with E-state index in [0.717, 1.165) is 0 Å². The molecule has 0 aliphatic rings. The lowest BCUT2D eigenvalue weighted by molar-refractivity contribution is 0.797. The first-order valence-electron chi connectivity index (χ1n) is 3.66. The maximum Gasteiger partial charge on any atom is 0.139 e. The number of hydrogen-bond acceptors (Lipinski definition) is 1. The topological polar surface area (TPSA) is 17.8 Å². The first-order valence-corrected chi connectivity index (χ1v) is 3.66. The van der Waals surface area contributed by atoms with E-state index in [9.17, 15) is 0 Å². The standard InChI is InChI=1S/C8H9BN2/c1-11-8-3-2-7(9)4-6(8)5-10-11/h2-5H,9H2,1H3. The van der Waals surface area contributed by atoms with Crippen LogP contribution in [0.25, 0.3) is 10.9 Å². The summed E-state index contributed by atoms with van der Waals surface area (Å²) in [5, 5.41) is 5.37. The summed E-state index contributed by atoms with van der Waals surface area (Å²) in [5.74, 6) is 0. The Morgan fingerprint density at radius 3 is 3.09 bits per heavy atom. The van der Waals surface area contributed by atoms with Crippen molar-refractivity contribution >= 4 is 24.2 Å². The van der Waals surface area contributed by atoms with Gasteiger partial charge in [-0.3, -0.25) is 4.68 Å². The molecule has 3 heteroatoms. The zero-order chi connectivity index (χ0) is 7.84. The summed E-state index contributed by atoms with van der Waals surface area (Å²) >= 11 is 0. The van der Waals surface area contributed by atoms with Crippen LogP contribution in [-0.4, -0.2) is 17.6 Å². The molecule has 0 spiro atoms. The number of hydrogen-bond donors (Lipinski definition) is 0. The summed E-state index contributed by atoms with van der Waals surface area (Å²) in [6.45, 7) is 0. The van der Waals surface area contributed by atoms with Gasteiger partial charge in [0, 0.05) is 12.4 Å². The highest BCUT2D eigenvalue weighted by atomic mass is 15.2. The minimum Gasteiger partial charge on any atom is -0.268 e. The Bertz CT molecular complexity index is 392. The molecule has 0 N–H and O–H groups in total. The normalized spacial score (nSPS) is 10.6. The van der Waals surface area contributed by atoms with Crippen molar-refractivity contribution < 1.29 is 0 Å². The third kappa shape index (κ3) is 0.927. The minimum absolute atomic E-state index is 1.19. The average molecular weight is 144 g/mol. The third-order valence-corrected chi connectivity index (χ3v) is 1.90. The average Bonchev–Trinajstić information content (AvgIpc) is 2.32. The second-order valence-electron chi connectivity index (χ2n) is 2.83. The molecule has 54 valence electrons. The highest BCUT2D eigenvalue weighted by Crippen LogP contribution is 2.08. The van der Waals surface area contributed by atoms with Crippen LogP contribution in [0.2, 0.25) is 0 Å². The molecule has 11 heavy (non-hydrogen) atoms. The summed E-state index contributed by atoms with van der Waals surface area (Å²) < 4.78 is 1.88. The summed E-state index contributed by atoms with van der Waals surface area (Å²) in [7, 11) is 4.05. The Kier molecular flexibility index (Phi) is 1.25. The molecule has 0 fully saturated rings. The van der Waals surface area contributed by atoms with Crippen LogP contribution in [0, 0.1) is 0 Å². The van der Waals surface area contributed by atoms with Gasteiger partial charge in [0.05, 0.1) is 11.7 Å². The molecule has 1 heterocycles. The van der Waals surface area contributed by atoms with Crippen molar-refractivity contribution in [2.45, 2.75) is 0 Å². The predicted molar refractivity (Wildman–Crippen MR) is 48.9 cm³/mol. The van der Waals surface area contributed by atoms with Gasteiger partial charge in [0.15, 0.2) is 0 Å². The van der Waals surface area contributed by atoms with Gasteiger partial charge in [-0.15, -0.1) is 0 Å². The molecule has 0 radical (unpaired) electrons. The van der Waals surface area contributed by atoms with Crippen molar-refractivity contribution in [3.63, 3.8) is 0 Å². The third-order valence-electron chi connectivity index (χ3n) is 1.90. The van der Waals surface area contributed by atoms with Gasteiger partial charge in [0.2, 0.25) is 0 Å². The van der Waals surface area contributed by atoms with Crippen molar-refractivity contribution in [2.75, 3.05) is 0 Å². The number of aryl methyl sites for hydroxylation is 1. The highest BCUT2D eigenvalue weighted by molar-refractivity contribution is 6.33. The van der Waals surface area contributed by atoms with Crippen molar-refractivity contribution in [3.8, 4) is 0 Å². The fourth-order valence-electron chi connectivity index (χ4n) is 1.28. The van der Waals surface area contributed by atoms with Gasteiger partial charge < -0.3 is 0 Å². The van der Waals surface area contributed by atoms with E-state index in [-0.39, 0.29) is 0 Å². The smallest absolute Gasteiger partial charge is 0.139 e. The monoisotopic (exact) mass is 144 g/mol. The summed E-state index contributed by atoms with van der Waals surface area (Å²) in [5.41, 5.74) is 2.47. The fourth-order valence-corrected chi connectivity index (χ4v) is 1.28. The van der Waals surface area contributed by atoms with Crippen molar-refractivity contribution in [2.24, 2.45) is 7.05 Å². The van der Waals surface area contributed by atoms with Crippen LogP contribution in [0.3, 0.4) is 0 Å². The molecule has 0 saturated carbocycles. The molecule has 0 atom stereocenters. The zero-order valence-corrected chi connectivity index (χ0v) is 6.70. The molecule has 2 aromatic rings. The lowest BCUT2D eigenvalue weighted by Crippen LogP contribution is -1.99. The van der Waals surface area contributed by atoms with E-state index in [4.69, 9.17) is 0 Å². The summed E-state index contributed by atoms with van der Waals surface area (Å²) in [6, 6.07) is 6.34. The molecule has 0 aliphatic heterocycles. The Labute approximate surface area is 66.2 Å². The lowest BCUT2D eigenvalue weighted by Gasteiger charge is -1.94. The number of rotatable bonds is 0. The van der Waals surface area contributed by atoms with E-state index in [1.807, 2.05) is 17.9 Å². The molecular weight excluding hydrogens is 135 g/mol. The van der Waals surface area contributed by atoms with E-state index in [1.54, 1.807) is 0 Å². The van der Waals surface area contributed by atoms with E-state index < -0.39 is 0 Å². The van der Waals surface area contributed by atoms with Gasteiger partial charge in [0.1, 0.15) is 7.85 Å². The molecule has 1 aromatic carbocycles. The Hall–Kier alpha value is -1.25. The number of nitrogens with zero attached hydrogens (tertiary/aromatic N) is 2. The second kappa shape index (κ2) is 2.12. The molecule has 2 rings (SSSR count). The van der Waals surface area contributed by atoms with Crippen molar-refractivity contribution in [1.82, 2.24) is 9.78 Å². The highest BCUT2D eigenvalue weighted by Gasteiger charge is 1.96. The van der Waals surface area contributed by atoms with Crippen molar-refractivity contribution in [1.29, 1.82) is 0 Å². The van der Waals surface area contributed by atoms with Gasteiger partial charge in [0.25, 0.3) is 0 Å². The largest absolute Gasteiger partial charge is 0.268 e. The maximum atomic E-state index is 4.15. The predicted octanol–water partition coefficient (Wildman–Crippen LogP) is -0.168. The van der Waals surface area contributed by atoms with Crippen LogP contribution in [-0.2, 0) is 7.05 Å². The number of benzene rings is 1. The van der Waals surface area contributed by atoms with Crippen LogP contribution in [0.1, 0.15) is 0 Å². The molecule has 1 aromatic heterocycles. The van der Waals surface area contributed by atoms with Crippen LogP contribution < -0.4 is 5.46 Å². The minimum atomic E-state index is 1.19. The van der Waals surface area contributed by atoms with E-state index in [2.05, 4.69) is 31.1 Å². The summed E-state index contributed by atoms with van der Waals surface area (Å²) in [4.78, 5) is 0. The molecule has 0 saturated heterocycles. The quantitative estimate of drug-likeness (QED) is 0.469. The van der Waals surface area contributed by atoms with Gasteiger partial charge in [-0.05, 0) is 6.07 Å². The first-order chi connectivity index (χ1) is 5.27. The molecule has 0 aliphatic carbocycles. The molecular formula is C8H9BN2. The number of aromatic nitrogens is 2. The van der Waals surface area contributed by atoms with Gasteiger partial charge in [-0.25, -0.2) is 0 Å². The van der Waals surface area contributed by atoms with E-state index in [0.29, 0.717) is 0 Å².